The van der Waals surface area contributed by atoms with Crippen LogP contribution in [0.25, 0.3) is 0 Å². The quantitative estimate of drug-likeness (QED) is 0.172. The molecule has 5 nitrogen and oxygen atoms in total. The zero-order valence-electron chi connectivity index (χ0n) is 33.3. The maximum atomic E-state index is 6.93. The van der Waals surface area contributed by atoms with Gasteiger partial charge in [-0.15, -0.1) is 0 Å². The van der Waals surface area contributed by atoms with Gasteiger partial charge < -0.3 is 9.64 Å². The van der Waals surface area contributed by atoms with E-state index in [-0.39, 0.29) is 22.9 Å². The van der Waals surface area contributed by atoms with Crippen LogP contribution in [0.4, 0.5) is 17.2 Å². The maximum absolute atomic E-state index is 6.93. The lowest BCUT2D eigenvalue weighted by molar-refractivity contribution is 0.341. The topological polar surface area (TPSA) is 41.0 Å². The van der Waals surface area contributed by atoms with Gasteiger partial charge in [-0.3, -0.25) is 9.89 Å². The van der Waals surface area contributed by atoms with E-state index in [2.05, 4.69) is 187 Å². The molecule has 276 valence electrons. The summed E-state index contributed by atoms with van der Waals surface area (Å²) in [5.41, 5.74) is 13.2. The number of hydrogen-bond donors (Lipinski definition) is 0. The smallest absolute Gasteiger partial charge is 0.141 e. The highest BCUT2D eigenvalue weighted by Crippen LogP contribution is 2.53. The van der Waals surface area contributed by atoms with E-state index in [4.69, 9.17) is 14.7 Å². The summed E-state index contributed by atoms with van der Waals surface area (Å²) in [4.78, 5) is 15.3. The fourth-order valence-electron chi connectivity index (χ4n) is 8.87. The predicted octanol–water partition coefficient (Wildman–Crippen LogP) is 12.8. The molecule has 0 aliphatic carbocycles. The van der Waals surface area contributed by atoms with Gasteiger partial charge in [0, 0.05) is 35.3 Å². The van der Waals surface area contributed by atoms with E-state index in [1.807, 2.05) is 6.20 Å². The van der Waals surface area contributed by atoms with Crippen LogP contribution in [0.2, 0.25) is 0 Å². The second-order valence-electron chi connectivity index (χ2n) is 17.4. The molecule has 0 N–H and O–H groups in total. The number of fused-ring (bicyclic) bond motifs is 5. The summed E-state index contributed by atoms with van der Waals surface area (Å²) in [7, 11) is 0. The normalized spacial score (nSPS) is 18.1. The van der Waals surface area contributed by atoms with Crippen LogP contribution < -0.4 is 9.64 Å². The Bertz CT molecular complexity index is 2470. The molecule has 0 unspecified atom stereocenters. The number of pyridine rings is 1. The third-order valence-corrected chi connectivity index (χ3v) is 11.9. The molecule has 0 bridgehead atoms. The molecule has 2 atom stereocenters. The summed E-state index contributed by atoms with van der Waals surface area (Å²) >= 11 is 0. The van der Waals surface area contributed by atoms with Crippen LogP contribution in [-0.4, -0.2) is 15.7 Å². The van der Waals surface area contributed by atoms with Crippen molar-refractivity contribution in [3.8, 4) is 11.5 Å². The number of amidine groups is 1. The van der Waals surface area contributed by atoms with Gasteiger partial charge in [-0.1, -0.05) is 121 Å². The number of aryl methyl sites for hydroxylation is 1. The van der Waals surface area contributed by atoms with Gasteiger partial charge in [0.2, 0.25) is 0 Å². The lowest BCUT2D eigenvalue weighted by Gasteiger charge is -2.41. The fourth-order valence-corrected chi connectivity index (χ4v) is 8.87. The summed E-state index contributed by atoms with van der Waals surface area (Å²) in [6, 6.07) is 44.3. The van der Waals surface area contributed by atoms with Crippen LogP contribution in [0, 0.1) is 6.92 Å². The molecule has 0 fully saturated rings. The fraction of sp³-hybridized carbons (Fsp3) is 0.280. The minimum atomic E-state index is -0.217. The molecule has 3 aliphatic rings. The van der Waals surface area contributed by atoms with Crippen LogP contribution >= 0.6 is 0 Å². The highest BCUT2D eigenvalue weighted by Gasteiger charge is 2.44. The van der Waals surface area contributed by atoms with Crippen molar-refractivity contribution in [2.75, 3.05) is 4.90 Å². The number of rotatable bonds is 6. The summed E-state index contributed by atoms with van der Waals surface area (Å²) in [6.45, 7) is 19.0. The summed E-state index contributed by atoms with van der Waals surface area (Å²) in [6.07, 6.45) is 1.90. The standard InChI is InChI=1S/C50H50N4O/c1-31(2)35-25-36(47-52-45(33-15-10-9-11-16-33)46-41-18-13-12-17-34(41)30-53(46)47)27-40(26-35)55-39-24-32(3)23-38(29-39)54-44-21-20-37(49(4,5)6)28-43(44)50(7,8)42-19-14-22-51-48(42)54/h9-29,31,45-46H,30H2,1-8H3/t45-,46+/m1/s1. The van der Waals surface area contributed by atoms with E-state index in [0.717, 1.165) is 52.2 Å². The zero-order valence-corrected chi connectivity index (χ0v) is 33.3. The van der Waals surface area contributed by atoms with Crippen molar-refractivity contribution >= 4 is 23.0 Å². The Balaban J connectivity index is 1.12. The largest absolute Gasteiger partial charge is 0.457 e. The second-order valence-corrected chi connectivity index (χ2v) is 17.4. The molecule has 0 amide bonds. The molecule has 5 heteroatoms. The highest BCUT2D eigenvalue weighted by atomic mass is 16.5. The van der Waals surface area contributed by atoms with E-state index in [9.17, 15) is 0 Å². The molecule has 0 saturated carbocycles. The number of ether oxygens (including phenoxy) is 1. The molecular weight excluding hydrogens is 673 g/mol. The molecule has 0 spiro atoms. The lowest BCUT2D eigenvalue weighted by Crippen LogP contribution is -2.32. The Kier molecular flexibility index (Phi) is 8.27. The van der Waals surface area contributed by atoms with Gasteiger partial charge in [-0.05, 0) is 99.7 Å². The first-order valence-electron chi connectivity index (χ1n) is 19.7. The average molecular weight is 723 g/mol. The van der Waals surface area contributed by atoms with Gasteiger partial charge in [0.1, 0.15) is 29.2 Å². The maximum Gasteiger partial charge on any atom is 0.141 e. The van der Waals surface area contributed by atoms with Crippen molar-refractivity contribution in [3.63, 3.8) is 0 Å². The molecule has 5 aromatic carbocycles. The SMILES string of the molecule is Cc1cc(Oc2cc(C3=N[C@H](c4ccccc4)[C@@H]4c5ccccc5CN34)cc(C(C)C)c2)cc(N2c3ccc(C(C)(C)C)cc3C(C)(C)c3cccnc32)c1. The van der Waals surface area contributed by atoms with Crippen molar-refractivity contribution in [1.82, 2.24) is 9.88 Å². The van der Waals surface area contributed by atoms with Gasteiger partial charge in [0.15, 0.2) is 0 Å². The average Bonchev–Trinajstić information content (AvgIpc) is 3.72. The third-order valence-electron chi connectivity index (χ3n) is 11.9. The molecule has 55 heavy (non-hydrogen) atoms. The van der Waals surface area contributed by atoms with Crippen molar-refractivity contribution < 1.29 is 4.74 Å². The molecule has 0 saturated heterocycles. The van der Waals surface area contributed by atoms with Gasteiger partial charge >= 0.3 is 0 Å². The first kappa shape index (κ1) is 35.0. The van der Waals surface area contributed by atoms with E-state index in [1.54, 1.807) is 0 Å². The molecule has 4 heterocycles. The number of hydrogen-bond acceptors (Lipinski definition) is 5. The molecule has 6 aromatic rings. The lowest BCUT2D eigenvalue weighted by atomic mass is 9.72. The van der Waals surface area contributed by atoms with E-state index in [1.165, 1.54) is 38.9 Å². The van der Waals surface area contributed by atoms with Crippen LogP contribution in [0.5, 0.6) is 11.5 Å². The minimum Gasteiger partial charge on any atom is -0.457 e. The molecule has 0 radical (unpaired) electrons. The number of anilines is 3. The zero-order chi connectivity index (χ0) is 38.2. The Hall–Kier alpha value is -5.68. The Morgan fingerprint density at radius 1 is 0.782 bits per heavy atom. The van der Waals surface area contributed by atoms with Crippen LogP contribution in [-0.2, 0) is 17.4 Å². The van der Waals surface area contributed by atoms with Crippen molar-refractivity contribution in [2.45, 2.75) is 90.8 Å². The first-order chi connectivity index (χ1) is 26.4. The van der Waals surface area contributed by atoms with E-state index in [0.29, 0.717) is 5.92 Å². The summed E-state index contributed by atoms with van der Waals surface area (Å²) in [5.74, 6) is 3.89. The summed E-state index contributed by atoms with van der Waals surface area (Å²) in [5, 5.41) is 0. The van der Waals surface area contributed by atoms with Crippen molar-refractivity contribution in [2.24, 2.45) is 4.99 Å². The van der Waals surface area contributed by atoms with Gasteiger partial charge in [-0.25, -0.2) is 4.98 Å². The molecule has 3 aliphatic heterocycles. The van der Waals surface area contributed by atoms with E-state index < -0.39 is 0 Å². The van der Waals surface area contributed by atoms with Gasteiger partial charge in [0.05, 0.1) is 17.4 Å². The van der Waals surface area contributed by atoms with Crippen LogP contribution in [0.15, 0.2) is 133 Å². The Morgan fingerprint density at radius 3 is 2.33 bits per heavy atom. The molecular formula is C50H50N4O. The number of aliphatic imine (C=N–C) groups is 1. The van der Waals surface area contributed by atoms with Crippen molar-refractivity contribution in [3.05, 3.63) is 178 Å². The Labute approximate surface area is 326 Å². The minimum absolute atomic E-state index is 0.0135. The van der Waals surface area contributed by atoms with E-state index >= 15 is 0 Å². The number of aromatic nitrogens is 1. The summed E-state index contributed by atoms with van der Waals surface area (Å²) < 4.78 is 6.93. The number of benzene rings is 5. The van der Waals surface area contributed by atoms with Gasteiger partial charge in [-0.2, -0.15) is 0 Å². The monoisotopic (exact) mass is 722 g/mol. The molecule has 9 rings (SSSR count). The number of nitrogens with zero attached hydrogens (tertiary/aromatic N) is 4. The second kappa shape index (κ2) is 13.0. The van der Waals surface area contributed by atoms with Crippen LogP contribution in [0.1, 0.15) is 117 Å². The first-order valence-corrected chi connectivity index (χ1v) is 19.7. The molecule has 1 aromatic heterocycles. The predicted molar refractivity (Wildman–Crippen MR) is 226 cm³/mol. The van der Waals surface area contributed by atoms with Crippen molar-refractivity contribution in [1.29, 1.82) is 0 Å². The van der Waals surface area contributed by atoms with Gasteiger partial charge in [0.25, 0.3) is 0 Å². The Morgan fingerprint density at radius 2 is 1.55 bits per heavy atom. The third kappa shape index (κ3) is 6.01. The highest BCUT2D eigenvalue weighted by molar-refractivity contribution is 6.01. The van der Waals surface area contributed by atoms with Crippen LogP contribution in [0.3, 0.4) is 0 Å².